The lowest BCUT2D eigenvalue weighted by Gasteiger charge is -2.43. The largest absolute Gasteiger partial charge is 0.355 e. The zero-order chi connectivity index (χ0) is 35.6. The lowest BCUT2D eigenvalue weighted by molar-refractivity contribution is 0.332. The number of hydrogen-bond donors (Lipinski definition) is 1. The molecule has 0 radical (unpaired) electrons. The predicted octanol–water partition coefficient (Wildman–Crippen LogP) is 13.9. The average molecular weight is 661 g/mol. The van der Waals surface area contributed by atoms with Gasteiger partial charge in [0.25, 0.3) is 0 Å². The highest BCUT2D eigenvalue weighted by Gasteiger charge is 2.39. The Kier molecular flexibility index (Phi) is 8.33. The molecule has 0 unspecified atom stereocenters. The van der Waals surface area contributed by atoms with E-state index in [9.17, 15) is 0 Å². The molecule has 258 valence electrons. The van der Waals surface area contributed by atoms with Gasteiger partial charge in [0, 0.05) is 28.3 Å². The Morgan fingerprint density at radius 3 is 1.68 bits per heavy atom. The van der Waals surface area contributed by atoms with Gasteiger partial charge >= 0.3 is 0 Å². The van der Waals surface area contributed by atoms with E-state index in [1.165, 1.54) is 81.6 Å². The minimum absolute atomic E-state index is 0.0845. The fourth-order valence-corrected chi connectivity index (χ4v) is 8.63. The number of fused-ring (bicyclic) bond motifs is 2. The molecular weight excluding hydrogens is 605 g/mol. The van der Waals surface area contributed by atoms with Gasteiger partial charge in [0.15, 0.2) is 0 Å². The molecule has 0 atom stereocenters. The van der Waals surface area contributed by atoms with Crippen LogP contribution in [0.4, 0.5) is 28.4 Å². The zero-order valence-electron chi connectivity index (χ0n) is 32.1. The van der Waals surface area contributed by atoms with Crippen molar-refractivity contribution in [2.45, 2.75) is 117 Å². The van der Waals surface area contributed by atoms with Gasteiger partial charge in [0.05, 0.1) is 5.69 Å². The number of aryl methyl sites for hydroxylation is 2. The average Bonchev–Trinajstić information content (AvgIpc) is 3.06. The molecular formula is C48H56N2. The molecule has 5 aromatic carbocycles. The molecule has 2 nitrogen and oxygen atoms in total. The molecule has 0 aliphatic heterocycles. The van der Waals surface area contributed by atoms with E-state index in [0.717, 1.165) is 17.1 Å². The van der Waals surface area contributed by atoms with Crippen LogP contribution in [0.1, 0.15) is 114 Å². The number of benzene rings is 5. The molecule has 0 aromatic heterocycles. The minimum Gasteiger partial charge on any atom is -0.355 e. The first-order valence-electron chi connectivity index (χ1n) is 18.7. The van der Waals surface area contributed by atoms with Crippen LogP contribution in [0.2, 0.25) is 0 Å². The van der Waals surface area contributed by atoms with E-state index in [4.69, 9.17) is 0 Å². The first-order chi connectivity index (χ1) is 23.5. The maximum atomic E-state index is 3.86. The van der Waals surface area contributed by atoms with E-state index in [2.05, 4.69) is 183 Å². The fraction of sp³-hybridized carbons (Fsp3) is 0.375. The summed E-state index contributed by atoms with van der Waals surface area (Å²) in [5, 5.41) is 3.86. The maximum absolute atomic E-state index is 3.86. The number of hydrogen-bond acceptors (Lipinski definition) is 2. The molecule has 0 heterocycles. The highest BCUT2D eigenvalue weighted by molar-refractivity contribution is 5.90. The molecule has 5 aromatic rings. The number of anilines is 5. The van der Waals surface area contributed by atoms with Gasteiger partial charge in [-0.2, -0.15) is 0 Å². The van der Waals surface area contributed by atoms with Gasteiger partial charge in [0.2, 0.25) is 0 Å². The van der Waals surface area contributed by atoms with Crippen LogP contribution in [0.5, 0.6) is 0 Å². The van der Waals surface area contributed by atoms with Gasteiger partial charge in [-0.25, -0.2) is 0 Å². The molecule has 0 fully saturated rings. The molecule has 1 N–H and O–H groups in total. The van der Waals surface area contributed by atoms with Crippen LogP contribution in [0.25, 0.3) is 11.1 Å². The maximum Gasteiger partial charge on any atom is 0.0543 e. The number of nitrogens with one attached hydrogen (secondary N) is 1. The van der Waals surface area contributed by atoms with Crippen molar-refractivity contribution in [2.75, 3.05) is 10.2 Å². The molecule has 0 bridgehead atoms. The molecule has 2 heteroatoms. The molecule has 2 aliphatic carbocycles. The van der Waals surface area contributed by atoms with Gasteiger partial charge in [-0.05, 0) is 155 Å². The van der Waals surface area contributed by atoms with Crippen molar-refractivity contribution >= 4 is 28.4 Å². The zero-order valence-corrected chi connectivity index (χ0v) is 32.1. The quantitative estimate of drug-likeness (QED) is 0.195. The van der Waals surface area contributed by atoms with Crippen molar-refractivity contribution in [1.82, 2.24) is 0 Å². The molecule has 0 amide bonds. The van der Waals surface area contributed by atoms with Gasteiger partial charge in [0.1, 0.15) is 0 Å². The molecule has 50 heavy (non-hydrogen) atoms. The SMILES string of the molecule is Cc1cccc(N(c2cc(C)cc(Nc3ccc4c(c3)C(C)(C)CCC4(C)C)c2)c2cc3c(cc2-c2ccccc2)C(C)(C)CCC3(C)C)c1. The predicted molar refractivity (Wildman–Crippen MR) is 216 cm³/mol. The minimum atomic E-state index is 0.0845. The van der Waals surface area contributed by atoms with E-state index >= 15 is 0 Å². The second-order valence-electron chi connectivity index (χ2n) is 17.9. The van der Waals surface area contributed by atoms with E-state index in [0.29, 0.717) is 0 Å². The first kappa shape index (κ1) is 34.2. The van der Waals surface area contributed by atoms with Crippen LogP contribution in [0.15, 0.2) is 103 Å². The fourth-order valence-electron chi connectivity index (χ4n) is 8.63. The third-order valence-corrected chi connectivity index (χ3v) is 12.0. The molecule has 2 aliphatic rings. The number of rotatable bonds is 6. The Morgan fingerprint density at radius 2 is 1.04 bits per heavy atom. The Bertz CT molecular complexity index is 2060. The summed E-state index contributed by atoms with van der Waals surface area (Å²) in [6, 6.07) is 39.0. The number of nitrogens with zero attached hydrogens (tertiary/aromatic N) is 1. The summed E-state index contributed by atoms with van der Waals surface area (Å²) in [4.78, 5) is 2.50. The third-order valence-electron chi connectivity index (χ3n) is 12.0. The van der Waals surface area contributed by atoms with Crippen molar-refractivity contribution in [3.05, 3.63) is 137 Å². The van der Waals surface area contributed by atoms with Crippen LogP contribution >= 0.6 is 0 Å². The van der Waals surface area contributed by atoms with E-state index in [1.807, 2.05) is 0 Å². The first-order valence-corrected chi connectivity index (χ1v) is 18.7. The third kappa shape index (κ3) is 6.27. The highest BCUT2D eigenvalue weighted by Crippen LogP contribution is 2.52. The smallest absolute Gasteiger partial charge is 0.0543 e. The summed E-state index contributed by atoms with van der Waals surface area (Å²) in [7, 11) is 0. The van der Waals surface area contributed by atoms with Crippen molar-refractivity contribution < 1.29 is 0 Å². The van der Waals surface area contributed by atoms with E-state index in [1.54, 1.807) is 0 Å². The normalized spacial score (nSPS) is 18.1. The monoisotopic (exact) mass is 660 g/mol. The standard InChI is InChI=1S/C48H56N2/c1-32-15-14-18-37(26-32)50(44-31-43-42(47(7,8)23-24-48(43,9)10)30-39(44)34-16-12-11-13-17-34)38-27-33(2)25-36(28-38)49-35-19-20-40-41(29-35)46(5,6)22-21-45(40,3)4/h11-20,25-31,49H,21-24H2,1-10H3. The molecule has 7 rings (SSSR count). The molecule has 0 saturated heterocycles. The van der Waals surface area contributed by atoms with Crippen molar-refractivity contribution in [3.63, 3.8) is 0 Å². The van der Waals surface area contributed by atoms with Crippen molar-refractivity contribution in [1.29, 1.82) is 0 Å². The van der Waals surface area contributed by atoms with Gasteiger partial charge in [-0.3, -0.25) is 0 Å². The summed E-state index contributed by atoms with van der Waals surface area (Å²) in [6.45, 7) is 23.7. The van der Waals surface area contributed by atoms with E-state index in [-0.39, 0.29) is 21.7 Å². The second-order valence-corrected chi connectivity index (χ2v) is 17.9. The Hall–Kier alpha value is -4.30. The summed E-state index contributed by atoms with van der Waals surface area (Å²) in [5.74, 6) is 0. The molecule has 0 saturated carbocycles. The van der Waals surface area contributed by atoms with Crippen LogP contribution in [-0.4, -0.2) is 0 Å². The van der Waals surface area contributed by atoms with Crippen molar-refractivity contribution in [2.24, 2.45) is 0 Å². The second kappa shape index (κ2) is 12.2. The Morgan fingerprint density at radius 1 is 0.460 bits per heavy atom. The highest BCUT2D eigenvalue weighted by atomic mass is 15.1. The summed E-state index contributed by atoms with van der Waals surface area (Å²) >= 11 is 0. The topological polar surface area (TPSA) is 15.3 Å². The van der Waals surface area contributed by atoms with Crippen LogP contribution < -0.4 is 10.2 Å². The summed E-state index contributed by atoms with van der Waals surface area (Å²) in [5.41, 5.74) is 17.2. The lowest BCUT2D eigenvalue weighted by atomic mass is 9.62. The Balaban J connectivity index is 1.42. The summed E-state index contributed by atoms with van der Waals surface area (Å²) < 4.78 is 0. The summed E-state index contributed by atoms with van der Waals surface area (Å²) in [6.07, 6.45) is 4.79. The lowest BCUT2D eigenvalue weighted by Crippen LogP contribution is -2.34. The van der Waals surface area contributed by atoms with Gasteiger partial charge < -0.3 is 10.2 Å². The molecule has 0 spiro atoms. The van der Waals surface area contributed by atoms with Crippen molar-refractivity contribution in [3.8, 4) is 11.1 Å². The van der Waals surface area contributed by atoms with Crippen LogP contribution in [0, 0.1) is 13.8 Å². The van der Waals surface area contributed by atoms with Crippen LogP contribution in [0.3, 0.4) is 0 Å². The van der Waals surface area contributed by atoms with Crippen LogP contribution in [-0.2, 0) is 21.7 Å². The Labute approximate surface area is 302 Å². The van der Waals surface area contributed by atoms with Gasteiger partial charge in [-0.1, -0.05) is 104 Å². The van der Waals surface area contributed by atoms with E-state index < -0.39 is 0 Å². The van der Waals surface area contributed by atoms with Gasteiger partial charge in [-0.15, -0.1) is 0 Å².